The quantitative estimate of drug-likeness (QED) is 0.726. The molecule has 0 aromatic heterocycles. The molecule has 0 saturated heterocycles. The van der Waals surface area contributed by atoms with E-state index in [1.165, 1.54) is 25.7 Å². The fourth-order valence-electron chi connectivity index (χ4n) is 2.25. The van der Waals surface area contributed by atoms with Crippen molar-refractivity contribution in [3.63, 3.8) is 0 Å². The molecule has 0 unspecified atom stereocenters. The summed E-state index contributed by atoms with van der Waals surface area (Å²) in [5, 5.41) is 3.54. The normalized spacial score (nSPS) is 33.6. The summed E-state index contributed by atoms with van der Waals surface area (Å²) in [6, 6.07) is 0.581. The lowest BCUT2D eigenvalue weighted by Gasteiger charge is -2.39. The van der Waals surface area contributed by atoms with Gasteiger partial charge in [-0.2, -0.15) is 0 Å². The summed E-state index contributed by atoms with van der Waals surface area (Å²) in [5.41, 5.74) is 6.33. The van der Waals surface area contributed by atoms with E-state index in [-0.39, 0.29) is 0 Å². The van der Waals surface area contributed by atoms with Gasteiger partial charge in [-0.05, 0) is 30.7 Å². The Labute approximate surface area is 88.6 Å². The minimum absolute atomic E-state index is 0.400. The Morgan fingerprint density at radius 3 is 2.36 bits per heavy atom. The Morgan fingerprint density at radius 1 is 1.36 bits per heavy atom. The highest BCUT2D eigenvalue weighted by molar-refractivity contribution is 4.87. The maximum atomic E-state index is 5.93. The van der Waals surface area contributed by atoms with Gasteiger partial charge in [-0.1, -0.05) is 33.6 Å². The fraction of sp³-hybridized carbons (Fsp3) is 1.00. The van der Waals surface area contributed by atoms with Crippen molar-refractivity contribution in [3.8, 4) is 0 Å². The summed E-state index contributed by atoms with van der Waals surface area (Å²) in [7, 11) is 0. The van der Waals surface area contributed by atoms with Crippen LogP contribution in [0.5, 0.6) is 0 Å². The first-order valence-electron chi connectivity index (χ1n) is 6.01. The lowest BCUT2D eigenvalue weighted by molar-refractivity contribution is 0.156. The van der Waals surface area contributed by atoms with Crippen LogP contribution in [-0.2, 0) is 0 Å². The van der Waals surface area contributed by atoms with E-state index in [9.17, 15) is 0 Å². The molecule has 1 aliphatic carbocycles. The molecule has 0 spiro atoms. The van der Waals surface area contributed by atoms with Crippen LogP contribution in [0, 0.1) is 11.3 Å². The van der Waals surface area contributed by atoms with Crippen LogP contribution in [0.25, 0.3) is 0 Å². The molecule has 1 aliphatic rings. The molecule has 1 saturated carbocycles. The van der Waals surface area contributed by atoms with E-state index in [2.05, 4.69) is 26.1 Å². The summed E-state index contributed by atoms with van der Waals surface area (Å²) in [5.74, 6) is 0.911. The first kappa shape index (κ1) is 12.0. The summed E-state index contributed by atoms with van der Waals surface area (Å²) >= 11 is 0. The Morgan fingerprint density at radius 2 is 1.93 bits per heavy atom. The zero-order chi connectivity index (χ0) is 10.6. The average molecular weight is 198 g/mol. The summed E-state index contributed by atoms with van der Waals surface area (Å²) < 4.78 is 0. The molecule has 0 bridgehead atoms. The number of rotatable bonds is 4. The van der Waals surface area contributed by atoms with Gasteiger partial charge in [0.25, 0.3) is 0 Å². The van der Waals surface area contributed by atoms with Gasteiger partial charge < -0.3 is 11.1 Å². The predicted octanol–water partition coefficient (Wildman–Crippen LogP) is 2.14. The first-order valence-corrected chi connectivity index (χ1v) is 6.01. The lowest BCUT2D eigenvalue weighted by atomic mass is 9.71. The highest BCUT2D eigenvalue weighted by Gasteiger charge is 2.32. The van der Waals surface area contributed by atoms with Crippen LogP contribution in [0.2, 0.25) is 0 Å². The molecule has 14 heavy (non-hydrogen) atoms. The van der Waals surface area contributed by atoms with Crippen molar-refractivity contribution in [1.82, 2.24) is 5.32 Å². The van der Waals surface area contributed by atoms with Crippen LogP contribution < -0.4 is 11.1 Å². The number of hydrogen-bond acceptors (Lipinski definition) is 2. The molecule has 0 aliphatic heterocycles. The molecule has 0 atom stereocenters. The fourth-order valence-corrected chi connectivity index (χ4v) is 2.25. The molecule has 0 amide bonds. The molecule has 3 N–H and O–H groups in total. The van der Waals surface area contributed by atoms with Crippen LogP contribution in [0.3, 0.4) is 0 Å². The van der Waals surface area contributed by atoms with E-state index in [1.807, 2.05) is 0 Å². The maximum absolute atomic E-state index is 5.93. The van der Waals surface area contributed by atoms with E-state index in [0.717, 1.165) is 19.0 Å². The van der Waals surface area contributed by atoms with Gasteiger partial charge in [0.15, 0.2) is 0 Å². The molecule has 0 radical (unpaired) electrons. The van der Waals surface area contributed by atoms with Gasteiger partial charge in [0, 0.05) is 12.6 Å². The van der Waals surface area contributed by atoms with Crippen molar-refractivity contribution >= 4 is 0 Å². The minimum Gasteiger partial charge on any atom is -0.330 e. The molecule has 84 valence electrons. The molecular formula is C12H26N2. The van der Waals surface area contributed by atoms with Crippen LogP contribution >= 0.6 is 0 Å². The third-order valence-electron chi connectivity index (χ3n) is 3.65. The second kappa shape index (κ2) is 5.13. The van der Waals surface area contributed by atoms with E-state index in [0.29, 0.717) is 11.5 Å². The summed E-state index contributed by atoms with van der Waals surface area (Å²) in [6.07, 6.45) is 5.34. The number of nitrogens with one attached hydrogen (secondary N) is 1. The van der Waals surface area contributed by atoms with E-state index in [1.54, 1.807) is 0 Å². The van der Waals surface area contributed by atoms with Gasteiger partial charge in [-0.3, -0.25) is 0 Å². The van der Waals surface area contributed by atoms with Crippen LogP contribution in [0.15, 0.2) is 0 Å². The molecule has 0 aromatic rings. The number of hydrogen-bond donors (Lipinski definition) is 2. The topological polar surface area (TPSA) is 38.0 Å². The highest BCUT2D eigenvalue weighted by atomic mass is 14.9. The van der Waals surface area contributed by atoms with Gasteiger partial charge in [0.05, 0.1) is 0 Å². The Hall–Kier alpha value is -0.0800. The Balaban J connectivity index is 2.41. The van der Waals surface area contributed by atoms with Crippen molar-refractivity contribution < 1.29 is 0 Å². The largest absolute Gasteiger partial charge is 0.330 e. The third-order valence-corrected chi connectivity index (χ3v) is 3.65. The van der Waals surface area contributed by atoms with Crippen molar-refractivity contribution in [3.05, 3.63) is 0 Å². The van der Waals surface area contributed by atoms with Gasteiger partial charge in [-0.25, -0.2) is 0 Å². The molecule has 2 heteroatoms. The lowest BCUT2D eigenvalue weighted by Crippen LogP contribution is -2.44. The Bertz CT molecular complexity index is 158. The first-order chi connectivity index (χ1) is 6.58. The molecule has 0 heterocycles. The van der Waals surface area contributed by atoms with E-state index < -0.39 is 0 Å². The standard InChI is InChI=1S/C12H26N2/c1-10(2)14-9-12(8-13)6-4-11(3)5-7-12/h10-11,14H,4-9,13H2,1-3H3. The molecule has 1 rings (SSSR count). The van der Waals surface area contributed by atoms with Gasteiger partial charge in [0.2, 0.25) is 0 Å². The monoisotopic (exact) mass is 198 g/mol. The minimum atomic E-state index is 0.400. The van der Waals surface area contributed by atoms with Gasteiger partial charge in [0.1, 0.15) is 0 Å². The second-order valence-corrected chi connectivity index (χ2v) is 5.42. The molecule has 0 aromatic carbocycles. The predicted molar refractivity (Wildman–Crippen MR) is 62.3 cm³/mol. The maximum Gasteiger partial charge on any atom is 0.00223 e. The molecular weight excluding hydrogens is 172 g/mol. The third kappa shape index (κ3) is 3.25. The summed E-state index contributed by atoms with van der Waals surface area (Å²) in [4.78, 5) is 0. The second-order valence-electron chi connectivity index (χ2n) is 5.42. The number of nitrogens with two attached hydrogens (primary N) is 1. The van der Waals surface area contributed by atoms with E-state index in [4.69, 9.17) is 5.73 Å². The zero-order valence-electron chi connectivity index (χ0n) is 9.97. The van der Waals surface area contributed by atoms with Crippen LogP contribution in [-0.4, -0.2) is 19.1 Å². The van der Waals surface area contributed by atoms with Crippen molar-refractivity contribution in [1.29, 1.82) is 0 Å². The van der Waals surface area contributed by atoms with Crippen LogP contribution in [0.4, 0.5) is 0 Å². The van der Waals surface area contributed by atoms with Crippen molar-refractivity contribution in [2.24, 2.45) is 17.1 Å². The highest BCUT2D eigenvalue weighted by Crippen LogP contribution is 2.37. The van der Waals surface area contributed by atoms with Crippen molar-refractivity contribution in [2.75, 3.05) is 13.1 Å². The van der Waals surface area contributed by atoms with Gasteiger partial charge >= 0.3 is 0 Å². The van der Waals surface area contributed by atoms with Crippen molar-refractivity contribution in [2.45, 2.75) is 52.5 Å². The van der Waals surface area contributed by atoms with Crippen LogP contribution in [0.1, 0.15) is 46.5 Å². The average Bonchev–Trinajstić information content (AvgIpc) is 2.18. The summed E-state index contributed by atoms with van der Waals surface area (Å²) in [6.45, 7) is 8.72. The SMILES string of the molecule is CC1CCC(CN)(CNC(C)C)CC1. The molecule has 1 fully saturated rings. The smallest absolute Gasteiger partial charge is 0.00223 e. The van der Waals surface area contributed by atoms with Gasteiger partial charge in [-0.15, -0.1) is 0 Å². The zero-order valence-corrected chi connectivity index (χ0v) is 9.97. The molecule has 2 nitrogen and oxygen atoms in total. The van der Waals surface area contributed by atoms with E-state index >= 15 is 0 Å². The Kier molecular flexibility index (Phi) is 4.39.